The van der Waals surface area contributed by atoms with Crippen LogP contribution in [-0.4, -0.2) is 11.9 Å². The predicted molar refractivity (Wildman–Crippen MR) is 71.9 cm³/mol. The first-order valence-electron chi connectivity index (χ1n) is 6.00. The molecule has 0 aliphatic heterocycles. The molecular formula is C14H22N2O. The van der Waals surface area contributed by atoms with Gasteiger partial charge in [0, 0.05) is 6.42 Å². The van der Waals surface area contributed by atoms with E-state index in [4.69, 9.17) is 15.9 Å². The van der Waals surface area contributed by atoms with Crippen molar-refractivity contribution in [1.29, 1.82) is 5.41 Å². The highest BCUT2D eigenvalue weighted by Crippen LogP contribution is 2.25. The molecule has 17 heavy (non-hydrogen) atoms. The molecule has 0 heterocycles. The number of hydrogen-bond acceptors (Lipinski definition) is 2. The summed E-state index contributed by atoms with van der Waals surface area (Å²) in [6.45, 7) is 8.28. The smallest absolute Gasteiger partial charge is 0.122 e. The third-order valence-corrected chi connectivity index (χ3v) is 2.71. The van der Waals surface area contributed by atoms with Crippen molar-refractivity contribution >= 4 is 5.84 Å². The molecule has 1 atom stereocenters. The molecule has 3 heteroatoms. The second kappa shape index (κ2) is 5.71. The lowest BCUT2D eigenvalue weighted by molar-refractivity contribution is 0.227. The Hall–Kier alpha value is -1.51. The molecule has 0 amide bonds. The van der Waals surface area contributed by atoms with Crippen LogP contribution in [0.3, 0.4) is 0 Å². The average molecular weight is 234 g/mol. The van der Waals surface area contributed by atoms with Gasteiger partial charge >= 0.3 is 0 Å². The fourth-order valence-corrected chi connectivity index (χ4v) is 1.67. The van der Waals surface area contributed by atoms with Crippen molar-refractivity contribution in [2.75, 3.05) is 0 Å². The van der Waals surface area contributed by atoms with Crippen molar-refractivity contribution in [2.45, 2.75) is 46.1 Å². The monoisotopic (exact) mass is 234 g/mol. The summed E-state index contributed by atoms with van der Waals surface area (Å²) in [5.74, 6) is 1.54. The van der Waals surface area contributed by atoms with E-state index in [1.807, 2.05) is 13.8 Å². The van der Waals surface area contributed by atoms with Gasteiger partial charge in [0.25, 0.3) is 0 Å². The van der Waals surface area contributed by atoms with E-state index < -0.39 is 0 Å². The van der Waals surface area contributed by atoms with Gasteiger partial charge in [-0.25, -0.2) is 0 Å². The fourth-order valence-electron chi connectivity index (χ4n) is 1.67. The van der Waals surface area contributed by atoms with E-state index >= 15 is 0 Å². The zero-order valence-electron chi connectivity index (χ0n) is 11.1. The minimum atomic E-state index is -0.0615. The molecular weight excluding hydrogens is 212 g/mol. The number of hydrogen-bond donors (Lipinski definition) is 2. The maximum Gasteiger partial charge on any atom is 0.122 e. The van der Waals surface area contributed by atoms with Crippen molar-refractivity contribution in [3.8, 4) is 5.75 Å². The van der Waals surface area contributed by atoms with Gasteiger partial charge in [-0.3, -0.25) is 5.41 Å². The van der Waals surface area contributed by atoms with Gasteiger partial charge in [-0.05, 0) is 37.0 Å². The summed E-state index contributed by atoms with van der Waals surface area (Å²) >= 11 is 0. The van der Waals surface area contributed by atoms with Crippen LogP contribution in [-0.2, 0) is 0 Å². The Morgan fingerprint density at radius 1 is 1.35 bits per heavy atom. The van der Waals surface area contributed by atoms with E-state index in [9.17, 15) is 0 Å². The van der Waals surface area contributed by atoms with Crippen molar-refractivity contribution in [1.82, 2.24) is 0 Å². The van der Waals surface area contributed by atoms with Crippen LogP contribution in [0.2, 0.25) is 0 Å². The highest BCUT2D eigenvalue weighted by molar-refractivity contribution is 5.77. The maximum atomic E-state index is 7.25. The number of benzene rings is 1. The van der Waals surface area contributed by atoms with E-state index in [1.165, 1.54) is 5.56 Å². The first-order valence-corrected chi connectivity index (χ1v) is 6.00. The van der Waals surface area contributed by atoms with Gasteiger partial charge in [0.2, 0.25) is 0 Å². The molecule has 0 bridgehead atoms. The van der Waals surface area contributed by atoms with Crippen LogP contribution in [0.25, 0.3) is 0 Å². The van der Waals surface area contributed by atoms with Gasteiger partial charge in [-0.2, -0.15) is 0 Å². The van der Waals surface area contributed by atoms with Crippen molar-refractivity contribution < 1.29 is 4.74 Å². The lowest BCUT2D eigenvalue weighted by Gasteiger charge is -2.17. The van der Waals surface area contributed by atoms with Gasteiger partial charge in [0.05, 0.1) is 5.84 Å². The molecule has 0 aliphatic carbocycles. The standard InChI is InChI=1S/C14H22N2O/c1-9(2)12-6-5-10(3)13(8-12)17-11(4)7-14(15)16/h5-6,8-9,11H,7H2,1-4H3,(H3,15,16). The van der Waals surface area contributed by atoms with Crippen molar-refractivity contribution in [3.05, 3.63) is 29.3 Å². The first kappa shape index (κ1) is 13.6. The van der Waals surface area contributed by atoms with Crippen LogP contribution in [0.1, 0.15) is 44.2 Å². The summed E-state index contributed by atoms with van der Waals surface area (Å²) in [5.41, 5.74) is 7.75. The molecule has 3 N–H and O–H groups in total. The minimum Gasteiger partial charge on any atom is -0.490 e. The molecule has 0 saturated heterocycles. The van der Waals surface area contributed by atoms with Crippen LogP contribution in [0.4, 0.5) is 0 Å². The number of nitrogens with one attached hydrogen (secondary N) is 1. The van der Waals surface area contributed by atoms with Gasteiger partial charge < -0.3 is 10.5 Å². The van der Waals surface area contributed by atoms with Crippen LogP contribution >= 0.6 is 0 Å². The van der Waals surface area contributed by atoms with Crippen LogP contribution in [0.5, 0.6) is 5.75 Å². The largest absolute Gasteiger partial charge is 0.490 e. The molecule has 0 spiro atoms. The topological polar surface area (TPSA) is 59.1 Å². The average Bonchev–Trinajstić information content (AvgIpc) is 2.19. The number of amidine groups is 1. The Morgan fingerprint density at radius 3 is 2.53 bits per heavy atom. The summed E-state index contributed by atoms with van der Waals surface area (Å²) in [6.07, 6.45) is 0.402. The minimum absolute atomic E-state index is 0.0615. The molecule has 0 radical (unpaired) electrons. The highest BCUT2D eigenvalue weighted by Gasteiger charge is 2.09. The second-order valence-electron chi connectivity index (χ2n) is 4.84. The van der Waals surface area contributed by atoms with E-state index in [0.29, 0.717) is 12.3 Å². The highest BCUT2D eigenvalue weighted by atomic mass is 16.5. The molecule has 3 nitrogen and oxygen atoms in total. The Labute approximate surface area is 103 Å². The van der Waals surface area contributed by atoms with Gasteiger partial charge in [0.1, 0.15) is 11.9 Å². The Balaban J connectivity index is 2.82. The molecule has 0 aromatic heterocycles. The van der Waals surface area contributed by atoms with Crippen LogP contribution in [0, 0.1) is 12.3 Å². The SMILES string of the molecule is Cc1ccc(C(C)C)cc1OC(C)CC(=N)N. The number of rotatable bonds is 5. The zero-order valence-corrected chi connectivity index (χ0v) is 11.1. The first-order chi connectivity index (χ1) is 7.90. The van der Waals surface area contributed by atoms with Gasteiger partial charge in [0.15, 0.2) is 0 Å². The van der Waals surface area contributed by atoms with Crippen molar-refractivity contribution in [2.24, 2.45) is 5.73 Å². The third-order valence-electron chi connectivity index (χ3n) is 2.71. The third kappa shape index (κ3) is 4.10. The number of ether oxygens (including phenoxy) is 1. The lowest BCUT2D eigenvalue weighted by atomic mass is 10.0. The zero-order chi connectivity index (χ0) is 13.0. The van der Waals surface area contributed by atoms with Gasteiger partial charge in [-0.15, -0.1) is 0 Å². The van der Waals surface area contributed by atoms with Crippen molar-refractivity contribution in [3.63, 3.8) is 0 Å². The van der Waals surface area contributed by atoms with E-state index in [2.05, 4.69) is 32.0 Å². The normalized spacial score (nSPS) is 12.5. The molecule has 1 unspecified atom stereocenters. The summed E-state index contributed by atoms with van der Waals surface area (Å²) in [5, 5.41) is 7.25. The second-order valence-corrected chi connectivity index (χ2v) is 4.84. The molecule has 94 valence electrons. The molecule has 1 aromatic carbocycles. The molecule has 0 saturated carbocycles. The molecule has 0 aliphatic rings. The summed E-state index contributed by atoms with van der Waals surface area (Å²) in [7, 11) is 0. The molecule has 1 aromatic rings. The van der Waals surface area contributed by atoms with Crippen LogP contribution in [0.15, 0.2) is 18.2 Å². The quantitative estimate of drug-likeness (QED) is 0.607. The Morgan fingerprint density at radius 2 is 2.00 bits per heavy atom. The molecule has 1 rings (SSSR count). The van der Waals surface area contributed by atoms with Crippen LogP contribution < -0.4 is 10.5 Å². The maximum absolute atomic E-state index is 7.25. The number of aryl methyl sites for hydroxylation is 1. The summed E-state index contributed by atoms with van der Waals surface area (Å²) in [4.78, 5) is 0. The number of nitrogens with two attached hydrogens (primary N) is 1. The van der Waals surface area contributed by atoms with Gasteiger partial charge in [-0.1, -0.05) is 26.0 Å². The van der Waals surface area contributed by atoms with E-state index in [-0.39, 0.29) is 11.9 Å². The lowest BCUT2D eigenvalue weighted by Crippen LogP contribution is -2.22. The molecule has 0 fully saturated rings. The fraction of sp³-hybridized carbons (Fsp3) is 0.500. The summed E-state index contributed by atoms with van der Waals surface area (Å²) in [6, 6.07) is 6.28. The summed E-state index contributed by atoms with van der Waals surface area (Å²) < 4.78 is 5.83. The van der Waals surface area contributed by atoms with E-state index in [0.717, 1.165) is 11.3 Å². The predicted octanol–water partition coefficient (Wildman–Crippen LogP) is 3.21. The van der Waals surface area contributed by atoms with E-state index in [1.54, 1.807) is 0 Å². The Bertz CT molecular complexity index is 399. The Kier molecular flexibility index (Phi) is 4.55.